The molecule has 4 rings (SSSR count). The van der Waals surface area contributed by atoms with Gasteiger partial charge in [-0.2, -0.15) is 0 Å². The molecule has 1 aromatic rings. The predicted molar refractivity (Wildman–Crippen MR) is 103 cm³/mol. The average molecular weight is 408 g/mol. The van der Waals surface area contributed by atoms with Crippen molar-refractivity contribution < 1.29 is 29.6 Å². The molecule has 1 aliphatic carbocycles. The summed E-state index contributed by atoms with van der Waals surface area (Å²) in [6, 6.07) is 6.72. The summed E-state index contributed by atoms with van der Waals surface area (Å²) in [6.07, 6.45) is -1.52. The molecule has 2 fully saturated rings. The lowest BCUT2D eigenvalue weighted by Crippen LogP contribution is -2.52. The normalized spacial score (nSPS) is 26.4. The number of nitrogens with one attached hydrogen (secondary N) is 1. The third-order valence-corrected chi connectivity index (χ3v) is 6.38. The first-order valence-corrected chi connectivity index (χ1v) is 10.2. The number of hydrogen-bond acceptors (Lipinski definition) is 8. The average Bonchev–Trinajstić information content (AvgIpc) is 3.22. The van der Waals surface area contributed by atoms with Crippen LogP contribution in [0.2, 0.25) is 0 Å². The summed E-state index contributed by atoms with van der Waals surface area (Å²) in [5.41, 5.74) is 1.10. The highest BCUT2D eigenvalue weighted by Gasteiger charge is 2.48. The maximum Gasteiger partial charge on any atom is 0.453 e. The zero-order valence-corrected chi connectivity index (χ0v) is 16.3. The Hall–Kier alpha value is -1.78. The summed E-state index contributed by atoms with van der Waals surface area (Å²) in [4.78, 5) is 14.5. The summed E-state index contributed by atoms with van der Waals surface area (Å²) >= 11 is 1.54. The minimum atomic E-state index is -3.26. The van der Waals surface area contributed by atoms with E-state index in [1.54, 1.807) is 18.2 Å². The van der Waals surface area contributed by atoms with Crippen LogP contribution in [0.15, 0.2) is 29.7 Å². The number of hydrogen-bond donors (Lipinski definition) is 4. The highest BCUT2D eigenvalue weighted by atomic mass is 32.2. The third kappa shape index (κ3) is 4.13. The number of amides is 1. The van der Waals surface area contributed by atoms with Crippen LogP contribution in [0.1, 0.15) is 25.3 Å². The predicted octanol–water partition coefficient (Wildman–Crippen LogP) is 0.642. The van der Waals surface area contributed by atoms with Gasteiger partial charge in [0.05, 0.1) is 12.3 Å². The van der Waals surface area contributed by atoms with Crippen molar-refractivity contribution in [2.45, 2.75) is 37.4 Å². The molecule has 2 unspecified atom stereocenters. The van der Waals surface area contributed by atoms with E-state index < -0.39 is 6.16 Å². The van der Waals surface area contributed by atoms with E-state index >= 15 is 0 Å². The minimum Gasteiger partial charge on any atom is -0.416 e. The molecule has 0 bridgehead atoms. The fraction of sp³-hybridized carbons (Fsp3) is 0.526. The third-order valence-electron chi connectivity index (χ3n) is 5.29. The smallest absolute Gasteiger partial charge is 0.416 e. The van der Waals surface area contributed by atoms with Gasteiger partial charge in [0.15, 0.2) is 0 Å². The second-order valence-electron chi connectivity index (χ2n) is 7.63. The van der Waals surface area contributed by atoms with Crippen LogP contribution in [0.3, 0.4) is 0 Å². The molecule has 152 valence electrons. The van der Waals surface area contributed by atoms with Crippen molar-refractivity contribution in [3.63, 3.8) is 0 Å². The van der Waals surface area contributed by atoms with Crippen molar-refractivity contribution in [3.8, 4) is 5.75 Å². The molecule has 4 N–H and O–H groups in total. The molecule has 28 heavy (non-hydrogen) atoms. The monoisotopic (exact) mass is 408 g/mol. The standard InChI is InChI=1S/C19H24N2O6S/c1-18(6-7-18)17(22)21-8-9-26-15(10-21)16-20-13(11-28-16)12-4-2-3-5-14(12)27-19(23,24)25/h2-5,11,15-16,20,23-25H,6-10H2,1H3. The van der Waals surface area contributed by atoms with E-state index in [2.05, 4.69) is 5.32 Å². The van der Waals surface area contributed by atoms with Gasteiger partial charge in [0.2, 0.25) is 5.91 Å². The number of aliphatic hydroxyl groups is 3. The van der Waals surface area contributed by atoms with E-state index in [0.29, 0.717) is 25.3 Å². The first-order valence-electron chi connectivity index (χ1n) is 9.24. The van der Waals surface area contributed by atoms with Crippen molar-refractivity contribution in [1.82, 2.24) is 10.2 Å². The van der Waals surface area contributed by atoms with Gasteiger partial charge in [-0.1, -0.05) is 19.1 Å². The number of ether oxygens (including phenoxy) is 2. The Labute approximate surface area is 167 Å². The van der Waals surface area contributed by atoms with Crippen LogP contribution < -0.4 is 10.1 Å². The van der Waals surface area contributed by atoms with Crippen LogP contribution >= 0.6 is 11.8 Å². The lowest BCUT2D eigenvalue weighted by atomic mass is 10.1. The molecule has 2 aliphatic heterocycles. The highest BCUT2D eigenvalue weighted by Crippen LogP contribution is 2.47. The number of para-hydroxylation sites is 1. The van der Waals surface area contributed by atoms with E-state index in [1.807, 2.05) is 17.2 Å². The topological polar surface area (TPSA) is 111 Å². The molecule has 0 spiro atoms. The maximum atomic E-state index is 12.6. The highest BCUT2D eigenvalue weighted by molar-refractivity contribution is 8.03. The van der Waals surface area contributed by atoms with Gasteiger partial charge in [-0.15, -0.1) is 11.8 Å². The number of rotatable bonds is 5. The van der Waals surface area contributed by atoms with Crippen molar-refractivity contribution in [2.75, 3.05) is 19.7 Å². The van der Waals surface area contributed by atoms with Gasteiger partial charge >= 0.3 is 6.16 Å². The molecular formula is C19H24N2O6S. The van der Waals surface area contributed by atoms with Gasteiger partial charge in [-0.05, 0) is 30.4 Å². The number of thioether (sulfide) groups is 1. The molecule has 3 aliphatic rings. The van der Waals surface area contributed by atoms with Gasteiger partial charge in [0.1, 0.15) is 17.2 Å². The molecule has 2 atom stereocenters. The number of nitrogens with zero attached hydrogens (tertiary/aromatic N) is 1. The molecule has 9 heteroatoms. The summed E-state index contributed by atoms with van der Waals surface area (Å²) in [5, 5.41) is 32.6. The largest absolute Gasteiger partial charge is 0.453 e. The Morgan fingerprint density at radius 2 is 2.11 bits per heavy atom. The SMILES string of the molecule is CC1(C(=O)N2CCOC(C3NC(c4ccccc4OC(O)(O)O)=CS3)C2)CC1. The van der Waals surface area contributed by atoms with Crippen LogP contribution in [0.5, 0.6) is 5.75 Å². The Balaban J connectivity index is 1.42. The zero-order valence-electron chi connectivity index (χ0n) is 15.5. The van der Waals surface area contributed by atoms with E-state index in [0.717, 1.165) is 18.5 Å². The molecule has 0 radical (unpaired) electrons. The van der Waals surface area contributed by atoms with Crippen molar-refractivity contribution in [3.05, 3.63) is 35.2 Å². The quantitative estimate of drug-likeness (QED) is 0.526. The lowest BCUT2D eigenvalue weighted by Gasteiger charge is -2.37. The molecule has 1 amide bonds. The van der Waals surface area contributed by atoms with Gasteiger partial charge in [-0.25, -0.2) is 0 Å². The Bertz CT molecular complexity index is 789. The summed E-state index contributed by atoms with van der Waals surface area (Å²) in [5.74, 6) is 0.332. The summed E-state index contributed by atoms with van der Waals surface area (Å²) in [7, 11) is 0. The molecular weight excluding hydrogens is 384 g/mol. The van der Waals surface area contributed by atoms with E-state index in [-0.39, 0.29) is 28.5 Å². The van der Waals surface area contributed by atoms with Crippen LogP contribution in [0.4, 0.5) is 0 Å². The molecule has 0 aromatic heterocycles. The number of carbonyl (C=O) groups excluding carboxylic acids is 1. The van der Waals surface area contributed by atoms with Gasteiger partial charge in [-0.3, -0.25) is 4.79 Å². The van der Waals surface area contributed by atoms with E-state index in [9.17, 15) is 4.79 Å². The van der Waals surface area contributed by atoms with Gasteiger partial charge in [0.25, 0.3) is 0 Å². The second kappa shape index (κ2) is 7.23. The van der Waals surface area contributed by atoms with Crippen LogP contribution in [0, 0.1) is 5.41 Å². The number of carbonyl (C=O) groups is 1. The first kappa shape index (κ1) is 19.5. The Morgan fingerprint density at radius 1 is 1.36 bits per heavy atom. The van der Waals surface area contributed by atoms with E-state index in [4.69, 9.17) is 24.8 Å². The Kier molecular flexibility index (Phi) is 5.05. The van der Waals surface area contributed by atoms with Crippen molar-refractivity contribution in [1.29, 1.82) is 0 Å². The molecule has 8 nitrogen and oxygen atoms in total. The van der Waals surface area contributed by atoms with Crippen LogP contribution in [0.25, 0.3) is 5.70 Å². The van der Waals surface area contributed by atoms with Gasteiger partial charge in [0, 0.05) is 24.1 Å². The van der Waals surface area contributed by atoms with Crippen LogP contribution in [-0.4, -0.2) is 63.5 Å². The van der Waals surface area contributed by atoms with Crippen molar-refractivity contribution >= 4 is 23.4 Å². The fourth-order valence-electron chi connectivity index (χ4n) is 3.44. The van der Waals surface area contributed by atoms with Crippen LogP contribution in [-0.2, 0) is 9.53 Å². The second-order valence-corrected chi connectivity index (χ2v) is 8.64. The Morgan fingerprint density at radius 3 is 2.82 bits per heavy atom. The lowest BCUT2D eigenvalue weighted by molar-refractivity contribution is -0.419. The maximum absolute atomic E-state index is 12.6. The first-order chi connectivity index (χ1) is 13.3. The van der Waals surface area contributed by atoms with Gasteiger partial charge < -0.3 is 35.0 Å². The number of benzene rings is 1. The zero-order chi connectivity index (χ0) is 19.9. The summed E-state index contributed by atoms with van der Waals surface area (Å²) in [6.45, 7) is 3.67. The molecule has 1 saturated carbocycles. The summed E-state index contributed by atoms with van der Waals surface area (Å²) < 4.78 is 10.7. The minimum absolute atomic E-state index is 0.0900. The molecule has 1 aromatic carbocycles. The fourth-order valence-corrected chi connectivity index (χ4v) is 4.45. The van der Waals surface area contributed by atoms with E-state index in [1.165, 1.54) is 17.8 Å². The molecule has 1 saturated heterocycles. The number of morpholine rings is 1. The molecule has 2 heterocycles. The van der Waals surface area contributed by atoms with Crippen molar-refractivity contribution in [2.24, 2.45) is 5.41 Å².